The molecule has 2 saturated heterocycles. The van der Waals surface area contributed by atoms with Gasteiger partial charge in [-0.25, -0.2) is 0 Å². The van der Waals surface area contributed by atoms with Crippen LogP contribution in [0.25, 0.3) is 0 Å². The molecule has 0 radical (unpaired) electrons. The second-order valence-electron chi connectivity index (χ2n) is 7.30. The quantitative estimate of drug-likeness (QED) is 0.751. The van der Waals surface area contributed by atoms with Crippen LogP contribution in [0.5, 0.6) is 0 Å². The van der Waals surface area contributed by atoms with E-state index in [0.29, 0.717) is 11.7 Å². The Labute approximate surface area is 160 Å². The van der Waals surface area contributed by atoms with E-state index >= 15 is 0 Å². The van der Waals surface area contributed by atoms with Gasteiger partial charge in [0, 0.05) is 31.3 Å². The minimum absolute atomic E-state index is 0.0193. The molecule has 0 N–H and O–H groups in total. The zero-order chi connectivity index (χ0) is 18.6. The van der Waals surface area contributed by atoms with Crippen LogP contribution in [-0.2, 0) is 4.79 Å². The van der Waals surface area contributed by atoms with Crippen molar-refractivity contribution in [3.05, 3.63) is 24.2 Å². The van der Waals surface area contributed by atoms with Gasteiger partial charge in [-0.05, 0) is 37.8 Å². The number of furan rings is 1. The summed E-state index contributed by atoms with van der Waals surface area (Å²) in [5.41, 5.74) is 0. The van der Waals surface area contributed by atoms with Gasteiger partial charge in [0.15, 0.2) is 5.76 Å². The Balaban J connectivity index is 1.63. The summed E-state index contributed by atoms with van der Waals surface area (Å²) in [6, 6.07) is 3.49. The number of carbonyl (C=O) groups is 2. The van der Waals surface area contributed by atoms with E-state index in [1.54, 1.807) is 18.4 Å². The van der Waals surface area contributed by atoms with Gasteiger partial charge in [0.05, 0.1) is 11.1 Å². The highest BCUT2D eigenvalue weighted by Gasteiger charge is 2.47. The third-order valence-electron chi connectivity index (χ3n) is 5.76. The minimum atomic E-state index is -0.175. The van der Waals surface area contributed by atoms with Crippen LogP contribution in [0.2, 0.25) is 0 Å². The second-order valence-corrected chi connectivity index (χ2v) is 8.76. The van der Waals surface area contributed by atoms with Gasteiger partial charge in [0.1, 0.15) is 0 Å². The van der Waals surface area contributed by atoms with Crippen molar-refractivity contribution in [2.24, 2.45) is 5.92 Å². The molecule has 144 valence electrons. The number of amides is 2. The number of nitrogens with zero attached hydrogens (tertiary/aromatic N) is 2. The van der Waals surface area contributed by atoms with Crippen LogP contribution in [0.15, 0.2) is 22.8 Å². The van der Waals surface area contributed by atoms with Crippen LogP contribution in [-0.4, -0.2) is 51.9 Å². The van der Waals surface area contributed by atoms with Gasteiger partial charge in [0.25, 0.3) is 5.91 Å². The van der Waals surface area contributed by atoms with Crippen molar-refractivity contribution in [2.45, 2.75) is 57.2 Å². The first-order valence-electron chi connectivity index (χ1n) is 9.89. The van der Waals surface area contributed by atoms with Crippen molar-refractivity contribution in [1.29, 1.82) is 0 Å². The maximum absolute atomic E-state index is 12.9. The summed E-state index contributed by atoms with van der Waals surface area (Å²) in [5, 5.41) is 0. The minimum Gasteiger partial charge on any atom is -0.459 e. The topological polar surface area (TPSA) is 53.8 Å². The smallest absolute Gasteiger partial charge is 0.290 e. The number of hydrogen-bond donors (Lipinski definition) is 0. The Bertz CT molecular complexity index is 609. The lowest BCUT2D eigenvalue weighted by Crippen LogP contribution is -2.54. The predicted octanol–water partition coefficient (Wildman–Crippen LogP) is 4.00. The van der Waals surface area contributed by atoms with Gasteiger partial charge in [0.2, 0.25) is 5.91 Å². The maximum Gasteiger partial charge on any atom is 0.290 e. The molecule has 5 nitrogen and oxygen atoms in total. The zero-order valence-electron chi connectivity index (χ0n) is 15.9. The third-order valence-corrected chi connectivity index (χ3v) is 7.31. The Morgan fingerprint density at radius 3 is 2.65 bits per heavy atom. The van der Waals surface area contributed by atoms with Crippen LogP contribution in [0.3, 0.4) is 0 Å². The fourth-order valence-corrected chi connectivity index (χ4v) is 5.59. The summed E-state index contributed by atoms with van der Waals surface area (Å²) in [5.74, 6) is 1.81. The first-order chi connectivity index (χ1) is 12.6. The molecule has 1 aromatic rings. The van der Waals surface area contributed by atoms with Crippen LogP contribution in [0.1, 0.15) is 62.9 Å². The van der Waals surface area contributed by atoms with Gasteiger partial charge >= 0.3 is 0 Å². The molecule has 1 aromatic heterocycles. The van der Waals surface area contributed by atoms with E-state index in [1.165, 1.54) is 0 Å². The van der Waals surface area contributed by atoms with E-state index in [1.807, 2.05) is 21.6 Å². The standard InChI is InChI=1S/C20H30N2O3S/c1-3-5-7-16(4-2)18(23)21-11-9-20(10-12-21)22(13-15-26-20)19(24)17-8-6-14-25-17/h6,8,14,16H,3-5,7,9-13,15H2,1-2H3/t16-/m1/s1. The average molecular weight is 379 g/mol. The molecule has 2 aliphatic rings. The largest absolute Gasteiger partial charge is 0.459 e. The van der Waals surface area contributed by atoms with Crippen LogP contribution >= 0.6 is 11.8 Å². The number of hydrogen-bond acceptors (Lipinski definition) is 4. The Kier molecular flexibility index (Phi) is 6.33. The first kappa shape index (κ1) is 19.3. The van der Waals surface area contributed by atoms with Crippen molar-refractivity contribution in [3.63, 3.8) is 0 Å². The van der Waals surface area contributed by atoms with E-state index < -0.39 is 0 Å². The van der Waals surface area contributed by atoms with Crippen LogP contribution < -0.4 is 0 Å². The van der Waals surface area contributed by atoms with Crippen LogP contribution in [0.4, 0.5) is 0 Å². The Hall–Kier alpha value is -1.43. The Morgan fingerprint density at radius 2 is 2.04 bits per heavy atom. The van der Waals surface area contributed by atoms with Gasteiger partial charge in [-0.1, -0.05) is 26.7 Å². The Morgan fingerprint density at radius 1 is 1.27 bits per heavy atom. The number of carbonyl (C=O) groups excluding carboxylic acids is 2. The predicted molar refractivity (Wildman–Crippen MR) is 104 cm³/mol. The highest BCUT2D eigenvalue weighted by atomic mass is 32.2. The molecule has 1 atom stereocenters. The molecule has 0 unspecified atom stereocenters. The van der Waals surface area contributed by atoms with Crippen molar-refractivity contribution >= 4 is 23.6 Å². The molecule has 3 rings (SSSR count). The fourth-order valence-electron chi connectivity index (χ4n) is 4.13. The number of unbranched alkanes of at least 4 members (excludes halogenated alkanes) is 1. The van der Waals surface area contributed by atoms with E-state index in [-0.39, 0.29) is 16.7 Å². The summed E-state index contributed by atoms with van der Waals surface area (Å²) >= 11 is 1.87. The fraction of sp³-hybridized carbons (Fsp3) is 0.700. The molecule has 0 bridgehead atoms. The number of rotatable bonds is 6. The van der Waals surface area contributed by atoms with Crippen molar-refractivity contribution in [1.82, 2.24) is 9.80 Å². The molecule has 2 fully saturated rings. The second kappa shape index (κ2) is 8.51. The lowest BCUT2D eigenvalue weighted by Gasteiger charge is -2.44. The molecule has 6 heteroatoms. The molecule has 0 aromatic carbocycles. The van der Waals surface area contributed by atoms with Crippen molar-refractivity contribution < 1.29 is 14.0 Å². The van der Waals surface area contributed by atoms with Gasteiger partial charge in [-0.15, -0.1) is 11.8 Å². The number of piperidine rings is 1. The lowest BCUT2D eigenvalue weighted by atomic mass is 9.95. The third kappa shape index (κ3) is 3.80. The highest BCUT2D eigenvalue weighted by molar-refractivity contribution is 8.00. The molecule has 26 heavy (non-hydrogen) atoms. The molecule has 3 heterocycles. The molecule has 0 aliphatic carbocycles. The molecule has 2 aliphatic heterocycles. The van der Waals surface area contributed by atoms with E-state index in [2.05, 4.69) is 13.8 Å². The summed E-state index contributed by atoms with van der Waals surface area (Å²) in [4.78, 5) is 29.5. The van der Waals surface area contributed by atoms with Gasteiger partial charge < -0.3 is 14.2 Å². The summed E-state index contributed by atoms with van der Waals surface area (Å²) < 4.78 is 5.32. The lowest BCUT2D eigenvalue weighted by molar-refractivity contribution is -0.137. The average Bonchev–Trinajstić information content (AvgIpc) is 3.33. The number of likely N-dealkylation sites (tertiary alicyclic amines) is 1. The van der Waals surface area contributed by atoms with E-state index in [4.69, 9.17) is 4.42 Å². The van der Waals surface area contributed by atoms with Gasteiger partial charge in [-0.3, -0.25) is 9.59 Å². The molecular formula is C20H30N2O3S. The SMILES string of the molecule is CCCC[C@@H](CC)C(=O)N1CCC2(CC1)SCCN2C(=O)c1ccco1. The van der Waals surface area contributed by atoms with Gasteiger partial charge in [-0.2, -0.15) is 0 Å². The molecular weight excluding hydrogens is 348 g/mol. The first-order valence-corrected chi connectivity index (χ1v) is 10.9. The summed E-state index contributed by atoms with van der Waals surface area (Å²) in [7, 11) is 0. The zero-order valence-corrected chi connectivity index (χ0v) is 16.7. The van der Waals surface area contributed by atoms with E-state index in [9.17, 15) is 9.59 Å². The molecule has 2 amide bonds. The highest BCUT2D eigenvalue weighted by Crippen LogP contribution is 2.44. The normalized spacial score (nSPS) is 20.5. The number of thioether (sulfide) groups is 1. The van der Waals surface area contributed by atoms with Crippen molar-refractivity contribution in [2.75, 3.05) is 25.4 Å². The summed E-state index contributed by atoms with van der Waals surface area (Å²) in [6.45, 7) is 6.53. The van der Waals surface area contributed by atoms with Crippen LogP contribution in [0, 0.1) is 5.92 Å². The monoisotopic (exact) mass is 378 g/mol. The maximum atomic E-state index is 12.9. The molecule has 0 saturated carbocycles. The van der Waals surface area contributed by atoms with E-state index in [0.717, 1.165) is 63.9 Å². The summed E-state index contributed by atoms with van der Waals surface area (Å²) in [6.07, 6.45) is 7.39. The molecule has 1 spiro atoms. The van der Waals surface area contributed by atoms with Crippen molar-refractivity contribution in [3.8, 4) is 0 Å².